The normalized spacial score (nSPS) is 23.5. The van der Waals surface area contributed by atoms with Crippen LogP contribution in [-0.4, -0.2) is 27.5 Å². The molecule has 4 rings (SSSR count). The van der Waals surface area contributed by atoms with Crippen molar-refractivity contribution >= 4 is 27.5 Å². The third kappa shape index (κ3) is 3.18. The van der Waals surface area contributed by atoms with Crippen molar-refractivity contribution in [3.63, 3.8) is 0 Å². The molecule has 0 atom stereocenters. The van der Waals surface area contributed by atoms with E-state index in [2.05, 4.69) is 5.32 Å². The molecule has 6 nitrogen and oxygen atoms in total. The molecule has 0 saturated heterocycles. The zero-order valence-corrected chi connectivity index (χ0v) is 16.0. The maximum atomic E-state index is 13.0. The number of amides is 1. The number of nitrogens with two attached hydrogens (primary N) is 1. The summed E-state index contributed by atoms with van der Waals surface area (Å²) in [7, 11) is 0. The van der Waals surface area contributed by atoms with Crippen LogP contribution in [0.25, 0.3) is 10.2 Å². The number of nitrogens with zero attached hydrogens (tertiary/aromatic N) is 2. The van der Waals surface area contributed by atoms with Crippen molar-refractivity contribution < 1.29 is 4.79 Å². The van der Waals surface area contributed by atoms with Gasteiger partial charge in [0.15, 0.2) is 0 Å². The van der Waals surface area contributed by atoms with Gasteiger partial charge in [-0.3, -0.25) is 14.2 Å². The van der Waals surface area contributed by atoms with E-state index in [1.165, 1.54) is 11.3 Å². The number of hydrogen-bond donors (Lipinski definition) is 2. The van der Waals surface area contributed by atoms with Crippen molar-refractivity contribution in [3.05, 3.63) is 26.6 Å². The first-order valence-electron chi connectivity index (χ1n) is 9.64. The van der Waals surface area contributed by atoms with E-state index in [-0.39, 0.29) is 23.6 Å². The quantitative estimate of drug-likeness (QED) is 0.845. The maximum absolute atomic E-state index is 13.0. The summed E-state index contributed by atoms with van der Waals surface area (Å²) >= 11 is 1.35. The van der Waals surface area contributed by atoms with E-state index in [0.717, 1.165) is 69.3 Å². The highest BCUT2D eigenvalue weighted by molar-refractivity contribution is 7.20. The van der Waals surface area contributed by atoms with Crippen LogP contribution in [0.3, 0.4) is 0 Å². The average molecular weight is 375 g/mol. The Bertz CT molecular complexity index is 893. The van der Waals surface area contributed by atoms with Gasteiger partial charge in [-0.25, -0.2) is 4.98 Å². The van der Waals surface area contributed by atoms with Crippen LogP contribution in [0, 0.1) is 6.92 Å². The van der Waals surface area contributed by atoms with Gasteiger partial charge in [0.2, 0.25) is 0 Å². The minimum absolute atomic E-state index is 0.0170. The molecule has 140 valence electrons. The number of carbonyl (C=O) groups is 1. The van der Waals surface area contributed by atoms with E-state index in [1.54, 1.807) is 0 Å². The van der Waals surface area contributed by atoms with Crippen LogP contribution in [0.2, 0.25) is 0 Å². The standard InChI is InChI=1S/C19H26N4O2S/c1-11-15-18(22-14-5-3-2-4-10-23(14)19(15)25)26-16(11)17(24)21-13-8-6-12(20)7-9-13/h12-13H,2-10,20H2,1H3,(H,21,24). The number of rotatable bonds is 2. The second-order valence-corrected chi connectivity index (χ2v) is 8.62. The second-order valence-electron chi connectivity index (χ2n) is 7.62. The lowest BCUT2D eigenvalue weighted by molar-refractivity contribution is 0.0929. The summed E-state index contributed by atoms with van der Waals surface area (Å²) < 4.78 is 1.82. The summed E-state index contributed by atoms with van der Waals surface area (Å²) in [4.78, 5) is 31.9. The molecule has 0 radical (unpaired) electrons. The summed E-state index contributed by atoms with van der Waals surface area (Å²) in [5, 5.41) is 3.76. The van der Waals surface area contributed by atoms with Gasteiger partial charge >= 0.3 is 0 Å². The highest BCUT2D eigenvalue weighted by atomic mass is 32.1. The van der Waals surface area contributed by atoms with E-state index in [1.807, 2.05) is 11.5 Å². The molecule has 2 aliphatic rings. The van der Waals surface area contributed by atoms with E-state index in [9.17, 15) is 9.59 Å². The molecule has 1 aliphatic carbocycles. The van der Waals surface area contributed by atoms with Crippen LogP contribution in [0.1, 0.15) is 66.0 Å². The molecule has 1 fully saturated rings. The maximum Gasteiger partial charge on any atom is 0.262 e. The smallest absolute Gasteiger partial charge is 0.262 e. The number of aryl methyl sites for hydroxylation is 2. The number of carbonyl (C=O) groups excluding carboxylic acids is 1. The molecule has 2 aromatic heterocycles. The Labute approximate surface area is 156 Å². The largest absolute Gasteiger partial charge is 0.349 e. The fourth-order valence-electron chi connectivity index (χ4n) is 4.14. The van der Waals surface area contributed by atoms with E-state index in [0.29, 0.717) is 15.1 Å². The highest BCUT2D eigenvalue weighted by Gasteiger charge is 2.25. The molecule has 0 spiro atoms. The predicted molar refractivity (Wildman–Crippen MR) is 104 cm³/mol. The van der Waals surface area contributed by atoms with E-state index < -0.39 is 0 Å². The first kappa shape index (κ1) is 17.7. The van der Waals surface area contributed by atoms with Crippen LogP contribution in [0.4, 0.5) is 0 Å². The Morgan fingerprint density at radius 1 is 1.23 bits per heavy atom. The Morgan fingerprint density at radius 3 is 2.77 bits per heavy atom. The van der Waals surface area contributed by atoms with Crippen molar-refractivity contribution in [1.82, 2.24) is 14.9 Å². The molecule has 1 aliphatic heterocycles. The van der Waals surface area contributed by atoms with E-state index >= 15 is 0 Å². The number of aromatic nitrogens is 2. The zero-order chi connectivity index (χ0) is 18.3. The van der Waals surface area contributed by atoms with Gasteiger partial charge in [0.1, 0.15) is 10.7 Å². The van der Waals surface area contributed by atoms with Gasteiger partial charge in [-0.15, -0.1) is 11.3 Å². The third-order valence-electron chi connectivity index (χ3n) is 5.72. The summed E-state index contributed by atoms with van der Waals surface area (Å²) in [6, 6.07) is 0.437. The van der Waals surface area contributed by atoms with Crippen molar-refractivity contribution in [2.75, 3.05) is 0 Å². The molecule has 0 unspecified atom stereocenters. The Morgan fingerprint density at radius 2 is 2.00 bits per heavy atom. The van der Waals surface area contributed by atoms with Crippen molar-refractivity contribution in [1.29, 1.82) is 0 Å². The molecule has 7 heteroatoms. The van der Waals surface area contributed by atoms with Gasteiger partial charge in [0.05, 0.1) is 10.3 Å². The van der Waals surface area contributed by atoms with Gasteiger partial charge in [-0.05, 0) is 51.0 Å². The number of fused-ring (bicyclic) bond motifs is 2. The minimum Gasteiger partial charge on any atom is -0.349 e. The zero-order valence-electron chi connectivity index (χ0n) is 15.2. The fourth-order valence-corrected chi connectivity index (χ4v) is 5.23. The Hall–Kier alpha value is -1.73. The minimum atomic E-state index is -0.0782. The highest BCUT2D eigenvalue weighted by Crippen LogP contribution is 2.29. The molecule has 26 heavy (non-hydrogen) atoms. The van der Waals surface area contributed by atoms with Crippen LogP contribution in [0.15, 0.2) is 4.79 Å². The molecule has 1 saturated carbocycles. The Kier molecular flexibility index (Phi) is 4.84. The van der Waals surface area contributed by atoms with Gasteiger partial charge in [0.25, 0.3) is 11.5 Å². The van der Waals surface area contributed by atoms with Gasteiger partial charge in [-0.1, -0.05) is 6.42 Å². The van der Waals surface area contributed by atoms with Gasteiger partial charge in [0, 0.05) is 25.0 Å². The predicted octanol–water partition coefficient (Wildman–Crippen LogP) is 2.49. The molecule has 2 aromatic rings. The summed E-state index contributed by atoms with van der Waals surface area (Å²) in [5.74, 6) is 0.792. The lowest BCUT2D eigenvalue weighted by Crippen LogP contribution is -2.40. The van der Waals surface area contributed by atoms with Crippen LogP contribution >= 0.6 is 11.3 Å². The molecule has 0 aromatic carbocycles. The average Bonchev–Trinajstić information content (AvgIpc) is 2.80. The fraction of sp³-hybridized carbons (Fsp3) is 0.632. The van der Waals surface area contributed by atoms with Crippen LogP contribution in [-0.2, 0) is 13.0 Å². The van der Waals surface area contributed by atoms with Crippen molar-refractivity contribution in [3.8, 4) is 0 Å². The first-order chi connectivity index (χ1) is 12.5. The van der Waals surface area contributed by atoms with Gasteiger partial charge < -0.3 is 11.1 Å². The monoisotopic (exact) mass is 374 g/mol. The molecule has 3 N–H and O–H groups in total. The molecule has 0 bridgehead atoms. The van der Waals surface area contributed by atoms with Crippen LogP contribution < -0.4 is 16.6 Å². The third-order valence-corrected chi connectivity index (χ3v) is 6.91. The van der Waals surface area contributed by atoms with Crippen molar-refractivity contribution in [2.45, 2.75) is 76.9 Å². The molecule has 3 heterocycles. The van der Waals surface area contributed by atoms with Gasteiger partial charge in [-0.2, -0.15) is 0 Å². The Balaban J connectivity index is 1.66. The number of thiophene rings is 1. The number of hydrogen-bond acceptors (Lipinski definition) is 5. The topological polar surface area (TPSA) is 90.0 Å². The molecular weight excluding hydrogens is 348 g/mol. The molecular formula is C19H26N4O2S. The van der Waals surface area contributed by atoms with Crippen LogP contribution in [0.5, 0.6) is 0 Å². The molecule has 1 amide bonds. The van der Waals surface area contributed by atoms with Crippen molar-refractivity contribution in [2.24, 2.45) is 5.73 Å². The lowest BCUT2D eigenvalue weighted by Gasteiger charge is -2.26. The summed E-state index contributed by atoms with van der Waals surface area (Å²) in [5.41, 5.74) is 6.73. The lowest BCUT2D eigenvalue weighted by atomic mass is 9.92. The summed E-state index contributed by atoms with van der Waals surface area (Å²) in [6.45, 7) is 2.60. The first-order valence-corrected chi connectivity index (χ1v) is 10.5. The van der Waals surface area contributed by atoms with E-state index in [4.69, 9.17) is 10.7 Å². The summed E-state index contributed by atoms with van der Waals surface area (Å²) in [6.07, 6.45) is 7.80. The SMILES string of the molecule is Cc1c(C(=O)NC2CCC(N)CC2)sc2nc3n(c(=O)c12)CCCCC3. The second kappa shape index (κ2) is 7.12. The number of nitrogens with one attached hydrogen (secondary N) is 1.